The maximum atomic E-state index is 12.2. The SMILES string of the molecule is C/C=C/CN(C=C(C=C(C(=O)OC)C(=O)OC)C(=O)OC)Cc1ccccc1. The lowest BCUT2D eigenvalue weighted by Gasteiger charge is -2.20. The minimum atomic E-state index is -0.912. The van der Waals surface area contributed by atoms with Gasteiger partial charge in [0, 0.05) is 19.3 Å². The molecule has 7 nitrogen and oxygen atoms in total. The molecule has 0 aromatic heterocycles. The Balaban J connectivity index is 3.36. The van der Waals surface area contributed by atoms with Gasteiger partial charge in [-0.1, -0.05) is 42.5 Å². The molecule has 1 aromatic carbocycles. The molecule has 0 saturated heterocycles. The highest BCUT2D eigenvalue weighted by Gasteiger charge is 2.22. The van der Waals surface area contributed by atoms with Crippen molar-refractivity contribution in [2.45, 2.75) is 13.5 Å². The van der Waals surface area contributed by atoms with Gasteiger partial charge in [0.2, 0.25) is 0 Å². The van der Waals surface area contributed by atoms with E-state index in [1.54, 1.807) is 0 Å². The highest BCUT2D eigenvalue weighted by molar-refractivity contribution is 6.15. The van der Waals surface area contributed by atoms with Crippen molar-refractivity contribution in [1.29, 1.82) is 0 Å². The van der Waals surface area contributed by atoms with Gasteiger partial charge in [-0.15, -0.1) is 0 Å². The Labute approximate surface area is 164 Å². The average Bonchev–Trinajstić information content (AvgIpc) is 2.73. The van der Waals surface area contributed by atoms with Crippen LogP contribution in [0, 0.1) is 0 Å². The van der Waals surface area contributed by atoms with Crippen molar-refractivity contribution < 1.29 is 28.6 Å². The third-order valence-corrected chi connectivity index (χ3v) is 3.66. The topological polar surface area (TPSA) is 82.1 Å². The zero-order chi connectivity index (χ0) is 20.9. The van der Waals surface area contributed by atoms with E-state index in [4.69, 9.17) is 4.74 Å². The first kappa shape index (κ1) is 22.7. The van der Waals surface area contributed by atoms with Crippen LogP contribution in [0.3, 0.4) is 0 Å². The summed E-state index contributed by atoms with van der Waals surface area (Å²) in [4.78, 5) is 37.9. The van der Waals surface area contributed by atoms with Gasteiger partial charge in [0.1, 0.15) is 5.57 Å². The molecule has 0 atom stereocenters. The molecule has 0 aliphatic carbocycles. The summed E-state index contributed by atoms with van der Waals surface area (Å²) in [5.41, 5.74) is 0.624. The molecule has 0 unspecified atom stereocenters. The number of nitrogens with zero attached hydrogens (tertiary/aromatic N) is 1. The van der Waals surface area contributed by atoms with Crippen molar-refractivity contribution in [3.63, 3.8) is 0 Å². The Kier molecular flexibility index (Phi) is 9.82. The van der Waals surface area contributed by atoms with Crippen molar-refractivity contribution in [2.75, 3.05) is 27.9 Å². The fraction of sp³-hybridized carbons (Fsp3) is 0.286. The highest BCUT2D eigenvalue weighted by Crippen LogP contribution is 2.13. The monoisotopic (exact) mass is 387 g/mol. The molecule has 28 heavy (non-hydrogen) atoms. The lowest BCUT2D eigenvalue weighted by Crippen LogP contribution is -2.21. The lowest BCUT2D eigenvalue weighted by atomic mass is 10.1. The van der Waals surface area contributed by atoms with E-state index in [9.17, 15) is 14.4 Å². The summed E-state index contributed by atoms with van der Waals surface area (Å²) in [5, 5.41) is 0. The summed E-state index contributed by atoms with van der Waals surface area (Å²) in [6, 6.07) is 9.66. The first-order valence-electron chi connectivity index (χ1n) is 8.54. The summed E-state index contributed by atoms with van der Waals surface area (Å²) in [7, 11) is 3.48. The predicted octanol–water partition coefficient (Wildman–Crippen LogP) is 2.39. The second kappa shape index (κ2) is 12.1. The normalized spacial score (nSPS) is 10.9. The minimum absolute atomic E-state index is 0.00809. The first-order valence-corrected chi connectivity index (χ1v) is 8.54. The van der Waals surface area contributed by atoms with Crippen molar-refractivity contribution in [2.24, 2.45) is 0 Å². The van der Waals surface area contributed by atoms with E-state index in [2.05, 4.69) is 9.47 Å². The van der Waals surface area contributed by atoms with E-state index in [0.29, 0.717) is 13.1 Å². The second-order valence-corrected chi connectivity index (χ2v) is 5.60. The van der Waals surface area contributed by atoms with Crippen LogP contribution in [-0.2, 0) is 35.1 Å². The number of carbonyl (C=O) groups is 3. The quantitative estimate of drug-likeness (QED) is 0.122. The lowest BCUT2D eigenvalue weighted by molar-refractivity contribution is -0.144. The van der Waals surface area contributed by atoms with Gasteiger partial charge in [0.15, 0.2) is 0 Å². The Morgan fingerprint density at radius 3 is 2.00 bits per heavy atom. The number of rotatable bonds is 9. The van der Waals surface area contributed by atoms with Crippen molar-refractivity contribution >= 4 is 17.9 Å². The Morgan fingerprint density at radius 1 is 0.929 bits per heavy atom. The van der Waals surface area contributed by atoms with Crippen LogP contribution in [0.15, 0.2) is 65.9 Å². The number of esters is 3. The molecule has 0 heterocycles. The van der Waals surface area contributed by atoms with Crippen LogP contribution in [0.5, 0.6) is 0 Å². The molecule has 0 fully saturated rings. The molecular formula is C21H25NO6. The number of benzene rings is 1. The summed E-state index contributed by atoms with van der Waals surface area (Å²) in [6.45, 7) is 2.90. The third-order valence-electron chi connectivity index (χ3n) is 3.66. The third kappa shape index (κ3) is 7.11. The van der Waals surface area contributed by atoms with E-state index in [0.717, 1.165) is 25.9 Å². The van der Waals surface area contributed by atoms with Gasteiger partial charge in [-0.05, 0) is 18.6 Å². The van der Waals surface area contributed by atoms with E-state index in [1.165, 1.54) is 13.3 Å². The summed E-state index contributed by atoms with van der Waals surface area (Å²) < 4.78 is 14.0. The zero-order valence-electron chi connectivity index (χ0n) is 16.5. The van der Waals surface area contributed by atoms with Crippen LogP contribution < -0.4 is 0 Å². The molecular weight excluding hydrogens is 362 g/mol. The molecule has 0 N–H and O–H groups in total. The molecule has 0 amide bonds. The molecule has 0 aliphatic heterocycles. The molecule has 150 valence electrons. The molecule has 1 aromatic rings. The Hall–Kier alpha value is -3.35. The van der Waals surface area contributed by atoms with Crippen LogP contribution in [0.2, 0.25) is 0 Å². The van der Waals surface area contributed by atoms with Gasteiger partial charge in [-0.3, -0.25) is 0 Å². The number of ether oxygens (including phenoxy) is 3. The number of carbonyl (C=O) groups excluding carboxylic acids is 3. The Morgan fingerprint density at radius 2 is 1.50 bits per heavy atom. The molecule has 7 heteroatoms. The van der Waals surface area contributed by atoms with E-state index in [1.807, 2.05) is 54.3 Å². The summed E-state index contributed by atoms with van der Waals surface area (Å²) in [5.74, 6) is -2.53. The van der Waals surface area contributed by atoms with Crippen LogP contribution in [0.4, 0.5) is 0 Å². The number of hydrogen-bond acceptors (Lipinski definition) is 7. The highest BCUT2D eigenvalue weighted by atomic mass is 16.5. The molecule has 1 rings (SSSR count). The van der Waals surface area contributed by atoms with E-state index >= 15 is 0 Å². The largest absolute Gasteiger partial charge is 0.465 e. The number of hydrogen-bond donors (Lipinski definition) is 0. The molecule has 0 saturated carbocycles. The summed E-state index contributed by atoms with van der Waals surface area (Å²) in [6.07, 6.45) is 6.44. The zero-order valence-corrected chi connectivity index (χ0v) is 16.5. The number of methoxy groups -OCH3 is 3. The first-order chi connectivity index (χ1) is 13.5. The van der Waals surface area contributed by atoms with Crippen molar-refractivity contribution in [1.82, 2.24) is 4.90 Å². The van der Waals surface area contributed by atoms with E-state index in [-0.39, 0.29) is 5.57 Å². The minimum Gasteiger partial charge on any atom is -0.465 e. The molecule has 0 radical (unpaired) electrons. The Bertz CT molecular complexity index is 746. The summed E-state index contributed by atoms with van der Waals surface area (Å²) >= 11 is 0. The van der Waals surface area contributed by atoms with Gasteiger partial charge >= 0.3 is 17.9 Å². The van der Waals surface area contributed by atoms with E-state index < -0.39 is 23.5 Å². The van der Waals surface area contributed by atoms with Crippen molar-refractivity contribution in [3.8, 4) is 0 Å². The van der Waals surface area contributed by atoms with Gasteiger partial charge in [0.25, 0.3) is 0 Å². The second-order valence-electron chi connectivity index (χ2n) is 5.60. The van der Waals surface area contributed by atoms with Crippen molar-refractivity contribution in [3.05, 3.63) is 71.5 Å². The van der Waals surface area contributed by atoms with Gasteiger partial charge in [-0.25, -0.2) is 14.4 Å². The van der Waals surface area contributed by atoms with Crippen LogP contribution >= 0.6 is 0 Å². The predicted molar refractivity (Wildman–Crippen MR) is 104 cm³/mol. The smallest absolute Gasteiger partial charge is 0.345 e. The fourth-order valence-corrected chi connectivity index (χ4v) is 2.26. The van der Waals surface area contributed by atoms with Gasteiger partial charge in [0.05, 0.1) is 26.9 Å². The van der Waals surface area contributed by atoms with Crippen LogP contribution in [-0.4, -0.2) is 50.7 Å². The van der Waals surface area contributed by atoms with Crippen LogP contribution in [0.1, 0.15) is 12.5 Å². The molecule has 0 spiro atoms. The fourth-order valence-electron chi connectivity index (χ4n) is 2.26. The maximum absolute atomic E-state index is 12.2. The number of allylic oxidation sites excluding steroid dienone is 1. The average molecular weight is 387 g/mol. The van der Waals surface area contributed by atoms with Gasteiger partial charge < -0.3 is 19.1 Å². The standard InChI is InChI=1S/C21H25NO6/c1-5-6-12-22(14-16-10-8-7-9-11-16)15-17(19(23)26-2)13-18(20(24)27-3)21(25)28-4/h5-11,13,15H,12,14H2,1-4H3/b6-5+,17-15?. The molecule has 0 bridgehead atoms. The van der Waals surface area contributed by atoms with Gasteiger partial charge in [-0.2, -0.15) is 0 Å². The molecule has 0 aliphatic rings. The maximum Gasteiger partial charge on any atom is 0.345 e. The van der Waals surface area contributed by atoms with Crippen LogP contribution in [0.25, 0.3) is 0 Å².